The molecule has 28 heavy (non-hydrogen) atoms. The van der Waals surface area contributed by atoms with Crippen LogP contribution in [0, 0.1) is 11.8 Å². The van der Waals surface area contributed by atoms with E-state index in [-0.39, 0.29) is 25.0 Å². The van der Waals surface area contributed by atoms with Crippen molar-refractivity contribution in [2.75, 3.05) is 13.2 Å². The summed E-state index contributed by atoms with van der Waals surface area (Å²) in [7, 11) is 0. The number of carbonyl (C=O) groups excluding carboxylic acids is 4. The minimum absolute atomic E-state index is 0.173. The predicted octanol–water partition coefficient (Wildman–Crippen LogP) is 1.36. The van der Waals surface area contributed by atoms with Crippen molar-refractivity contribution in [1.29, 1.82) is 0 Å². The fraction of sp³-hybridized carbons (Fsp3) is 0.667. The standard InChI is InChI=1S/C18H25ClO9/c1-6-15(22)24-7-13(19)17(23)25-8-14-9(2)10(3)16(26-11(4)20)18(28-14)27-12(5)21/h6,9-10,13-14,16,18H,1,7-8H2,2-5H3. The molecule has 0 saturated carbocycles. The molecule has 1 aliphatic heterocycles. The van der Waals surface area contributed by atoms with Crippen LogP contribution in [0.15, 0.2) is 12.7 Å². The van der Waals surface area contributed by atoms with Crippen molar-refractivity contribution in [3.05, 3.63) is 12.7 Å². The van der Waals surface area contributed by atoms with E-state index in [4.69, 9.17) is 30.5 Å². The SMILES string of the molecule is C=CC(=O)OCC(Cl)C(=O)OCC1OC(OC(C)=O)C(OC(C)=O)C(C)C1C. The number of rotatable bonds is 8. The van der Waals surface area contributed by atoms with E-state index < -0.39 is 47.8 Å². The Labute approximate surface area is 168 Å². The molecule has 0 spiro atoms. The first-order valence-electron chi connectivity index (χ1n) is 8.66. The highest BCUT2D eigenvalue weighted by Gasteiger charge is 2.45. The average molecular weight is 421 g/mol. The maximum Gasteiger partial charge on any atom is 0.330 e. The molecule has 0 aliphatic carbocycles. The van der Waals surface area contributed by atoms with Crippen molar-refractivity contribution in [1.82, 2.24) is 0 Å². The quantitative estimate of drug-likeness (QED) is 0.248. The van der Waals surface area contributed by atoms with Crippen LogP contribution in [-0.2, 0) is 42.9 Å². The third kappa shape index (κ3) is 7.12. The van der Waals surface area contributed by atoms with Gasteiger partial charge < -0.3 is 23.7 Å². The zero-order valence-electron chi connectivity index (χ0n) is 16.2. The maximum absolute atomic E-state index is 12.0. The molecule has 0 bridgehead atoms. The Hall–Kier alpha value is -2.13. The number of ether oxygens (including phenoxy) is 5. The second-order valence-electron chi connectivity index (χ2n) is 6.38. The maximum atomic E-state index is 12.0. The van der Waals surface area contributed by atoms with Gasteiger partial charge in [-0.05, 0) is 5.92 Å². The Morgan fingerprint density at radius 1 is 1.07 bits per heavy atom. The van der Waals surface area contributed by atoms with Gasteiger partial charge in [-0.25, -0.2) is 4.79 Å². The van der Waals surface area contributed by atoms with Crippen molar-refractivity contribution < 1.29 is 42.9 Å². The largest absolute Gasteiger partial charge is 0.462 e. The minimum Gasteiger partial charge on any atom is -0.462 e. The van der Waals surface area contributed by atoms with E-state index in [9.17, 15) is 19.2 Å². The zero-order chi connectivity index (χ0) is 21.4. The van der Waals surface area contributed by atoms with Crippen LogP contribution in [0.1, 0.15) is 27.7 Å². The van der Waals surface area contributed by atoms with E-state index in [0.717, 1.165) is 6.08 Å². The molecular formula is C18H25ClO9. The Morgan fingerprint density at radius 2 is 1.68 bits per heavy atom. The van der Waals surface area contributed by atoms with Crippen LogP contribution in [0.5, 0.6) is 0 Å². The highest BCUT2D eigenvalue weighted by Crippen LogP contribution is 2.33. The molecule has 0 amide bonds. The number of hydrogen-bond acceptors (Lipinski definition) is 9. The van der Waals surface area contributed by atoms with Crippen molar-refractivity contribution in [3.63, 3.8) is 0 Å². The average Bonchev–Trinajstić information content (AvgIpc) is 2.63. The molecule has 0 aromatic rings. The number of carbonyl (C=O) groups is 4. The summed E-state index contributed by atoms with van der Waals surface area (Å²) >= 11 is 5.84. The van der Waals surface area contributed by atoms with E-state index in [1.54, 1.807) is 0 Å². The normalized spacial score (nSPS) is 27.8. The molecule has 1 heterocycles. The van der Waals surface area contributed by atoms with Crippen molar-refractivity contribution in [2.24, 2.45) is 11.8 Å². The second-order valence-corrected chi connectivity index (χ2v) is 6.90. The van der Waals surface area contributed by atoms with Gasteiger partial charge in [-0.2, -0.15) is 0 Å². The number of alkyl halides is 1. The summed E-state index contributed by atoms with van der Waals surface area (Å²) < 4.78 is 25.9. The Balaban J connectivity index is 2.70. The van der Waals surface area contributed by atoms with Gasteiger partial charge in [-0.15, -0.1) is 11.6 Å². The van der Waals surface area contributed by atoms with Crippen LogP contribution in [-0.4, -0.2) is 61.0 Å². The third-order valence-corrected chi connectivity index (χ3v) is 4.58. The van der Waals surface area contributed by atoms with Crippen LogP contribution in [0.25, 0.3) is 0 Å². The third-order valence-electron chi connectivity index (χ3n) is 4.28. The topological polar surface area (TPSA) is 114 Å². The first-order chi connectivity index (χ1) is 13.1. The lowest BCUT2D eigenvalue weighted by Crippen LogP contribution is -2.53. The van der Waals surface area contributed by atoms with E-state index in [0.29, 0.717) is 0 Å². The summed E-state index contributed by atoms with van der Waals surface area (Å²) in [5.74, 6) is -3.09. The van der Waals surface area contributed by atoms with Crippen LogP contribution >= 0.6 is 11.6 Å². The molecule has 10 heteroatoms. The van der Waals surface area contributed by atoms with Crippen molar-refractivity contribution >= 4 is 35.5 Å². The van der Waals surface area contributed by atoms with E-state index in [1.165, 1.54) is 13.8 Å². The minimum atomic E-state index is -1.20. The number of hydrogen-bond donors (Lipinski definition) is 0. The predicted molar refractivity (Wildman–Crippen MR) is 96.1 cm³/mol. The van der Waals surface area contributed by atoms with Gasteiger partial charge in [0.2, 0.25) is 6.29 Å². The van der Waals surface area contributed by atoms with E-state index >= 15 is 0 Å². The molecule has 1 rings (SSSR count). The van der Waals surface area contributed by atoms with Gasteiger partial charge in [-0.3, -0.25) is 14.4 Å². The van der Waals surface area contributed by atoms with Gasteiger partial charge in [0, 0.05) is 25.8 Å². The number of halogens is 1. The molecule has 6 atom stereocenters. The summed E-state index contributed by atoms with van der Waals surface area (Å²) in [5.41, 5.74) is 0. The van der Waals surface area contributed by atoms with Crippen molar-refractivity contribution in [2.45, 2.75) is 51.6 Å². The highest BCUT2D eigenvalue weighted by atomic mass is 35.5. The summed E-state index contributed by atoms with van der Waals surface area (Å²) in [6.07, 6.45) is -1.60. The van der Waals surface area contributed by atoms with Gasteiger partial charge >= 0.3 is 23.9 Å². The lowest BCUT2D eigenvalue weighted by atomic mass is 9.83. The molecule has 1 saturated heterocycles. The molecule has 9 nitrogen and oxygen atoms in total. The monoisotopic (exact) mass is 420 g/mol. The summed E-state index contributed by atoms with van der Waals surface area (Å²) in [5, 5.41) is -1.20. The Morgan fingerprint density at radius 3 is 2.21 bits per heavy atom. The molecular weight excluding hydrogens is 396 g/mol. The molecule has 1 aliphatic rings. The van der Waals surface area contributed by atoms with Crippen molar-refractivity contribution in [3.8, 4) is 0 Å². The lowest BCUT2D eigenvalue weighted by Gasteiger charge is -2.42. The van der Waals surface area contributed by atoms with Crippen LogP contribution in [0.4, 0.5) is 0 Å². The summed E-state index contributed by atoms with van der Waals surface area (Å²) in [6.45, 7) is 8.78. The van der Waals surface area contributed by atoms with Crippen LogP contribution in [0.3, 0.4) is 0 Å². The van der Waals surface area contributed by atoms with Gasteiger partial charge in [0.25, 0.3) is 0 Å². The Bertz CT molecular complexity index is 606. The summed E-state index contributed by atoms with van der Waals surface area (Å²) in [6, 6.07) is 0. The fourth-order valence-electron chi connectivity index (χ4n) is 2.60. The van der Waals surface area contributed by atoms with Gasteiger partial charge in [0.15, 0.2) is 11.5 Å². The molecule has 0 aromatic heterocycles. The highest BCUT2D eigenvalue weighted by molar-refractivity contribution is 6.30. The Kier molecular flexibility index (Phi) is 9.40. The lowest BCUT2D eigenvalue weighted by molar-refractivity contribution is -0.271. The second kappa shape index (κ2) is 11.0. The molecule has 0 radical (unpaired) electrons. The van der Waals surface area contributed by atoms with Gasteiger partial charge in [0.1, 0.15) is 13.2 Å². The molecule has 0 N–H and O–H groups in total. The van der Waals surface area contributed by atoms with E-state index in [2.05, 4.69) is 11.3 Å². The molecule has 1 fully saturated rings. The van der Waals surface area contributed by atoms with Crippen LogP contribution in [0.2, 0.25) is 0 Å². The van der Waals surface area contributed by atoms with Gasteiger partial charge in [-0.1, -0.05) is 20.4 Å². The van der Waals surface area contributed by atoms with E-state index in [1.807, 2.05) is 13.8 Å². The van der Waals surface area contributed by atoms with Gasteiger partial charge in [0.05, 0.1) is 6.10 Å². The first-order valence-corrected chi connectivity index (χ1v) is 9.10. The molecule has 158 valence electrons. The first kappa shape index (κ1) is 23.9. The summed E-state index contributed by atoms with van der Waals surface area (Å²) in [4.78, 5) is 45.7. The number of esters is 4. The zero-order valence-corrected chi connectivity index (χ0v) is 17.0. The fourth-order valence-corrected chi connectivity index (χ4v) is 2.73. The molecule has 6 unspecified atom stereocenters. The smallest absolute Gasteiger partial charge is 0.330 e. The molecule has 0 aromatic carbocycles. The van der Waals surface area contributed by atoms with Crippen LogP contribution < -0.4 is 0 Å².